The number of hydrogen-bond donors (Lipinski definition) is 0. The quantitative estimate of drug-likeness (QED) is 0.191. The van der Waals surface area contributed by atoms with Gasteiger partial charge in [0.15, 0.2) is 5.84 Å². The molecule has 1 atom stereocenters. The Labute approximate surface area is 266 Å². The number of benzene rings is 7. The zero-order valence-electron chi connectivity index (χ0n) is 25.3. The average Bonchev–Trinajstić information content (AvgIpc) is 3.51. The molecule has 0 spiro atoms. The molecule has 0 saturated carbocycles. The molecule has 9 rings (SSSR count). The van der Waals surface area contributed by atoms with E-state index in [1.54, 1.807) is 0 Å². The summed E-state index contributed by atoms with van der Waals surface area (Å²) in [4.78, 5) is 12.7. The van der Waals surface area contributed by atoms with E-state index in [0.717, 1.165) is 61.4 Å². The number of para-hydroxylation sites is 1. The van der Waals surface area contributed by atoms with Crippen LogP contribution >= 0.6 is 0 Å². The highest BCUT2D eigenvalue weighted by molar-refractivity contribution is 6.22. The van der Waals surface area contributed by atoms with Crippen molar-refractivity contribution in [3.63, 3.8) is 0 Å². The van der Waals surface area contributed by atoms with Crippen LogP contribution in [0, 0.1) is 0 Å². The number of fused-ring (bicyclic) bond motifs is 6. The van der Waals surface area contributed by atoms with Crippen LogP contribution in [0.5, 0.6) is 0 Å². The first-order chi connectivity index (χ1) is 22.7. The average molecular weight is 592 g/mol. The summed E-state index contributed by atoms with van der Waals surface area (Å²) in [6.07, 6.45) is -0.257. The van der Waals surface area contributed by atoms with E-state index in [0.29, 0.717) is 0 Å². The van der Waals surface area contributed by atoms with Gasteiger partial charge in [0.05, 0.1) is 0 Å². The van der Waals surface area contributed by atoms with Gasteiger partial charge in [0, 0.05) is 28.9 Å². The second kappa shape index (κ2) is 10.6. The summed E-state index contributed by atoms with van der Waals surface area (Å²) in [6, 6.07) is 53.1. The van der Waals surface area contributed by atoms with E-state index >= 15 is 0 Å². The van der Waals surface area contributed by atoms with Crippen molar-refractivity contribution in [2.75, 3.05) is 7.05 Å². The molecule has 0 aliphatic carbocycles. The van der Waals surface area contributed by atoms with Crippen molar-refractivity contribution in [1.82, 2.24) is 4.90 Å². The SMILES string of the molecule is CN1C(c2cc3ccccc3c3ccccc23)=NC(c2ccccc2)=NC1c1ccc(-c2cccc3oc4ccccc4c23)cc1. The zero-order valence-corrected chi connectivity index (χ0v) is 25.3. The predicted octanol–water partition coefficient (Wildman–Crippen LogP) is 10.4. The fourth-order valence-corrected chi connectivity index (χ4v) is 6.89. The van der Waals surface area contributed by atoms with Crippen molar-refractivity contribution >= 4 is 55.2 Å². The number of aliphatic imine (C=N–C) groups is 2. The third-order valence-electron chi connectivity index (χ3n) is 9.12. The standard InChI is InChI=1S/C42H29N3O/c1-45-41(29-24-22-27(23-25-29)32-19-11-21-38-39(32)35-18-9-10-20-37(35)46-38)43-40(28-12-3-2-4-13-28)44-42(45)36-26-30-14-5-6-15-31(30)33-16-7-8-17-34(33)36/h2-26,41H,1H3. The van der Waals surface area contributed by atoms with Gasteiger partial charge in [-0.05, 0) is 56.4 Å². The third-order valence-corrected chi connectivity index (χ3v) is 9.12. The molecule has 8 aromatic rings. The lowest BCUT2D eigenvalue weighted by Gasteiger charge is -2.33. The predicted molar refractivity (Wildman–Crippen MR) is 191 cm³/mol. The van der Waals surface area contributed by atoms with E-state index in [1.165, 1.54) is 21.5 Å². The molecule has 0 radical (unpaired) electrons. The van der Waals surface area contributed by atoms with E-state index in [4.69, 9.17) is 14.4 Å². The summed E-state index contributed by atoms with van der Waals surface area (Å²) in [7, 11) is 2.10. The summed E-state index contributed by atoms with van der Waals surface area (Å²) in [5.74, 6) is 1.63. The van der Waals surface area contributed by atoms with E-state index in [-0.39, 0.29) is 6.17 Å². The molecular formula is C42H29N3O. The van der Waals surface area contributed by atoms with Crippen LogP contribution in [0.4, 0.5) is 0 Å². The van der Waals surface area contributed by atoms with Crippen molar-refractivity contribution in [3.8, 4) is 11.1 Å². The van der Waals surface area contributed by atoms with Crippen molar-refractivity contribution in [1.29, 1.82) is 0 Å². The molecule has 0 saturated heterocycles. The molecule has 0 N–H and O–H groups in total. The van der Waals surface area contributed by atoms with Gasteiger partial charge in [-0.3, -0.25) is 0 Å². The van der Waals surface area contributed by atoms with Crippen LogP contribution < -0.4 is 0 Å². The molecule has 0 amide bonds. The van der Waals surface area contributed by atoms with Crippen molar-refractivity contribution in [2.24, 2.45) is 9.98 Å². The molecule has 0 fully saturated rings. The van der Waals surface area contributed by atoms with Gasteiger partial charge in [0.1, 0.15) is 23.2 Å². The zero-order chi connectivity index (χ0) is 30.6. The minimum atomic E-state index is -0.257. The molecule has 4 heteroatoms. The first-order valence-electron chi connectivity index (χ1n) is 15.6. The van der Waals surface area contributed by atoms with Gasteiger partial charge >= 0.3 is 0 Å². The van der Waals surface area contributed by atoms with Crippen LogP contribution in [0.15, 0.2) is 166 Å². The van der Waals surface area contributed by atoms with Crippen LogP contribution in [0.3, 0.4) is 0 Å². The van der Waals surface area contributed by atoms with E-state index in [1.807, 2.05) is 36.4 Å². The number of hydrogen-bond acceptors (Lipinski definition) is 4. The van der Waals surface area contributed by atoms with E-state index in [9.17, 15) is 0 Å². The largest absolute Gasteiger partial charge is 0.456 e. The van der Waals surface area contributed by atoms with Crippen LogP contribution in [0.2, 0.25) is 0 Å². The summed E-state index contributed by atoms with van der Waals surface area (Å²) in [5.41, 5.74) is 7.29. The Morgan fingerprint density at radius 2 is 1.22 bits per heavy atom. The third kappa shape index (κ3) is 4.22. The molecular weight excluding hydrogens is 562 g/mol. The number of amidine groups is 2. The second-order valence-corrected chi connectivity index (χ2v) is 11.8. The van der Waals surface area contributed by atoms with E-state index in [2.05, 4.69) is 127 Å². The summed E-state index contributed by atoms with van der Waals surface area (Å²) < 4.78 is 6.17. The highest BCUT2D eigenvalue weighted by Crippen LogP contribution is 2.38. The minimum absolute atomic E-state index is 0.257. The van der Waals surface area contributed by atoms with Crippen LogP contribution in [-0.4, -0.2) is 23.6 Å². The van der Waals surface area contributed by atoms with Gasteiger partial charge < -0.3 is 9.32 Å². The van der Waals surface area contributed by atoms with Crippen molar-refractivity contribution in [3.05, 3.63) is 168 Å². The maximum atomic E-state index is 6.17. The Morgan fingerprint density at radius 3 is 2.04 bits per heavy atom. The fourth-order valence-electron chi connectivity index (χ4n) is 6.89. The minimum Gasteiger partial charge on any atom is -0.456 e. The maximum Gasteiger partial charge on any atom is 0.159 e. The number of nitrogens with zero attached hydrogens (tertiary/aromatic N) is 3. The lowest BCUT2D eigenvalue weighted by atomic mass is 9.95. The lowest BCUT2D eigenvalue weighted by molar-refractivity contribution is 0.383. The fraction of sp³-hybridized carbons (Fsp3) is 0.0476. The molecule has 1 aliphatic heterocycles. The van der Waals surface area contributed by atoms with Crippen LogP contribution in [0.1, 0.15) is 22.9 Å². The van der Waals surface area contributed by atoms with Gasteiger partial charge in [0.25, 0.3) is 0 Å². The molecule has 2 heterocycles. The molecule has 4 nitrogen and oxygen atoms in total. The topological polar surface area (TPSA) is 41.1 Å². The summed E-state index contributed by atoms with van der Waals surface area (Å²) >= 11 is 0. The molecule has 0 bridgehead atoms. The van der Waals surface area contributed by atoms with Crippen LogP contribution in [-0.2, 0) is 0 Å². The van der Waals surface area contributed by atoms with Crippen LogP contribution in [0.25, 0.3) is 54.6 Å². The molecule has 1 unspecified atom stereocenters. The van der Waals surface area contributed by atoms with Gasteiger partial charge in [-0.2, -0.15) is 0 Å². The first kappa shape index (κ1) is 26.4. The van der Waals surface area contributed by atoms with Gasteiger partial charge in [-0.15, -0.1) is 0 Å². The van der Waals surface area contributed by atoms with Crippen molar-refractivity contribution in [2.45, 2.75) is 6.17 Å². The Hall–Kier alpha value is -6.00. The summed E-state index contributed by atoms with van der Waals surface area (Å²) in [6.45, 7) is 0. The van der Waals surface area contributed by atoms with Crippen molar-refractivity contribution < 1.29 is 4.42 Å². The van der Waals surface area contributed by atoms with Gasteiger partial charge in [-0.1, -0.05) is 133 Å². The molecule has 218 valence electrons. The Bertz CT molecular complexity index is 2490. The Morgan fingerprint density at radius 1 is 0.543 bits per heavy atom. The maximum absolute atomic E-state index is 6.17. The second-order valence-electron chi connectivity index (χ2n) is 11.8. The molecule has 7 aromatic carbocycles. The first-order valence-corrected chi connectivity index (χ1v) is 15.6. The summed E-state index contributed by atoms with van der Waals surface area (Å²) in [5, 5.41) is 7.10. The lowest BCUT2D eigenvalue weighted by Crippen LogP contribution is -2.35. The smallest absolute Gasteiger partial charge is 0.159 e. The Balaban J connectivity index is 1.18. The van der Waals surface area contributed by atoms with Gasteiger partial charge in [0.2, 0.25) is 0 Å². The number of rotatable bonds is 4. The monoisotopic (exact) mass is 591 g/mol. The number of furan rings is 1. The normalized spacial score (nSPS) is 15.1. The highest BCUT2D eigenvalue weighted by atomic mass is 16.3. The van der Waals surface area contributed by atoms with E-state index < -0.39 is 0 Å². The highest BCUT2D eigenvalue weighted by Gasteiger charge is 2.28. The Kier molecular flexibility index (Phi) is 6.07. The van der Waals surface area contributed by atoms with Gasteiger partial charge in [-0.25, -0.2) is 9.98 Å². The molecule has 1 aromatic heterocycles. The molecule has 46 heavy (non-hydrogen) atoms. The molecule has 1 aliphatic rings.